The molecule has 0 bridgehead atoms. The van der Waals surface area contributed by atoms with Crippen molar-refractivity contribution in [2.45, 2.75) is 50.7 Å². The fourth-order valence-corrected chi connectivity index (χ4v) is 4.34. The van der Waals surface area contributed by atoms with Crippen molar-refractivity contribution in [2.75, 3.05) is 25.5 Å². The zero-order valence-corrected chi connectivity index (χ0v) is 20.1. The average Bonchev–Trinajstić information content (AvgIpc) is 2.86. The van der Waals surface area contributed by atoms with Crippen molar-refractivity contribution in [1.29, 1.82) is 0 Å². The molecule has 6 nitrogen and oxygen atoms in total. The lowest BCUT2D eigenvalue weighted by Gasteiger charge is -2.27. The van der Waals surface area contributed by atoms with Crippen molar-refractivity contribution in [3.8, 4) is 5.75 Å². The summed E-state index contributed by atoms with van der Waals surface area (Å²) in [4.78, 5) is 25.7. The number of ether oxygens (including phenoxy) is 1. The van der Waals surface area contributed by atoms with Crippen LogP contribution in [0.5, 0.6) is 5.75 Å². The maximum atomic E-state index is 13.6. The van der Waals surface area contributed by atoms with Gasteiger partial charge >= 0.3 is 6.18 Å². The summed E-state index contributed by atoms with van der Waals surface area (Å²) in [6.07, 6.45) is 0.484. The molecular weight excluding hydrogens is 478 g/mol. The van der Waals surface area contributed by atoms with Gasteiger partial charge in [0.1, 0.15) is 17.6 Å². The Labute approximate surface area is 207 Å². The molecule has 0 aromatic heterocycles. The number of methoxy groups -OCH3 is 1. The van der Waals surface area contributed by atoms with Gasteiger partial charge in [-0.05, 0) is 54.8 Å². The Morgan fingerprint density at radius 2 is 1.72 bits per heavy atom. The van der Waals surface area contributed by atoms with Crippen molar-refractivity contribution in [1.82, 2.24) is 10.6 Å². The largest absolute Gasteiger partial charge is 0.497 e. The van der Waals surface area contributed by atoms with Crippen LogP contribution in [0.25, 0.3) is 0 Å². The van der Waals surface area contributed by atoms with E-state index in [1.807, 2.05) is 12.1 Å². The zero-order valence-electron chi connectivity index (χ0n) is 20.1. The van der Waals surface area contributed by atoms with E-state index in [9.17, 15) is 27.2 Å². The summed E-state index contributed by atoms with van der Waals surface area (Å²) in [5.41, 5.74) is -1.03. The van der Waals surface area contributed by atoms with Gasteiger partial charge in [0, 0.05) is 24.3 Å². The van der Waals surface area contributed by atoms with E-state index in [2.05, 4.69) is 16.0 Å². The number of hydrogen-bond acceptors (Lipinski definition) is 4. The predicted molar refractivity (Wildman–Crippen MR) is 128 cm³/mol. The van der Waals surface area contributed by atoms with Gasteiger partial charge in [0.25, 0.3) is 5.91 Å². The molecule has 1 atom stereocenters. The molecule has 10 heteroatoms. The number of alkyl halides is 3. The highest BCUT2D eigenvalue weighted by Gasteiger charge is 2.35. The standard InChI is InChI=1S/C26H31F4N3O3/c1-36-20-10-8-19(9-11-20)31-13-14-32-25(35)23(15-17-5-3-2-4-6-17)33-24(34)18-7-12-22(27)21(16-18)26(28,29)30/h7-12,16-17,23,31H,2-6,13-15H2,1H3,(H,32,35)(H,33,34)/t23-/m0/s1. The van der Waals surface area contributed by atoms with Crippen molar-refractivity contribution in [2.24, 2.45) is 5.92 Å². The summed E-state index contributed by atoms with van der Waals surface area (Å²) >= 11 is 0. The minimum Gasteiger partial charge on any atom is -0.497 e. The highest BCUT2D eigenvalue weighted by atomic mass is 19.4. The Kier molecular flexibility index (Phi) is 9.55. The fraction of sp³-hybridized carbons (Fsp3) is 0.462. The van der Waals surface area contributed by atoms with E-state index < -0.39 is 35.4 Å². The third kappa shape index (κ3) is 7.86. The van der Waals surface area contributed by atoms with E-state index >= 15 is 0 Å². The molecule has 3 N–H and O–H groups in total. The van der Waals surface area contributed by atoms with Crippen LogP contribution in [0.15, 0.2) is 42.5 Å². The number of benzene rings is 2. The summed E-state index contributed by atoms with van der Waals surface area (Å²) in [5, 5.41) is 8.52. The van der Waals surface area contributed by atoms with Gasteiger partial charge in [0.15, 0.2) is 0 Å². The van der Waals surface area contributed by atoms with Crippen LogP contribution >= 0.6 is 0 Å². The minimum absolute atomic E-state index is 0.228. The van der Waals surface area contributed by atoms with Crippen LogP contribution < -0.4 is 20.7 Å². The highest BCUT2D eigenvalue weighted by molar-refractivity contribution is 5.97. The second kappa shape index (κ2) is 12.6. The fourth-order valence-electron chi connectivity index (χ4n) is 4.34. The van der Waals surface area contributed by atoms with Gasteiger partial charge < -0.3 is 20.7 Å². The number of carbonyl (C=O) groups excluding carboxylic acids is 2. The van der Waals surface area contributed by atoms with Gasteiger partial charge in [-0.25, -0.2) is 4.39 Å². The Morgan fingerprint density at radius 3 is 2.36 bits per heavy atom. The average molecular weight is 510 g/mol. The third-order valence-electron chi connectivity index (χ3n) is 6.29. The van der Waals surface area contributed by atoms with Crippen molar-refractivity contribution >= 4 is 17.5 Å². The molecule has 1 fully saturated rings. The maximum Gasteiger partial charge on any atom is 0.419 e. The van der Waals surface area contributed by atoms with Crippen molar-refractivity contribution in [3.63, 3.8) is 0 Å². The molecular formula is C26H31F4N3O3. The van der Waals surface area contributed by atoms with Crippen LogP contribution in [-0.4, -0.2) is 38.1 Å². The SMILES string of the molecule is COc1ccc(NCCNC(=O)[C@H](CC2CCCCC2)NC(=O)c2ccc(F)c(C(F)(F)F)c2)cc1. The van der Waals surface area contributed by atoms with E-state index in [0.717, 1.165) is 49.6 Å². The summed E-state index contributed by atoms with van der Waals surface area (Å²) in [5.74, 6) is -1.78. The molecule has 1 saturated carbocycles. The lowest BCUT2D eigenvalue weighted by molar-refractivity contribution is -0.140. The molecule has 2 aromatic rings. The second-order valence-electron chi connectivity index (χ2n) is 8.90. The maximum absolute atomic E-state index is 13.6. The molecule has 0 spiro atoms. The molecule has 0 saturated heterocycles. The van der Waals surface area contributed by atoms with E-state index in [1.165, 1.54) is 0 Å². The first-order valence-electron chi connectivity index (χ1n) is 12.0. The number of anilines is 1. The topological polar surface area (TPSA) is 79.5 Å². The summed E-state index contributed by atoms with van der Waals surface area (Å²) in [6, 6.07) is 8.43. The Hall–Kier alpha value is -3.30. The Morgan fingerprint density at radius 1 is 1.03 bits per heavy atom. The molecule has 1 aliphatic carbocycles. The molecule has 3 rings (SSSR count). The summed E-state index contributed by atoms with van der Waals surface area (Å²) < 4.78 is 58.0. The summed E-state index contributed by atoms with van der Waals surface area (Å²) in [7, 11) is 1.58. The molecule has 0 radical (unpaired) electrons. The van der Waals surface area contributed by atoms with Gasteiger partial charge in [-0.3, -0.25) is 9.59 Å². The quantitative estimate of drug-likeness (QED) is 0.306. The number of halogens is 4. The molecule has 0 unspecified atom stereocenters. The van der Waals surface area contributed by atoms with E-state index in [-0.39, 0.29) is 18.0 Å². The van der Waals surface area contributed by atoms with Crippen LogP contribution in [0.4, 0.5) is 23.2 Å². The minimum atomic E-state index is -4.93. The number of rotatable bonds is 10. The number of carbonyl (C=O) groups is 2. The Balaban J connectivity index is 1.62. The predicted octanol–water partition coefficient (Wildman–Crippen LogP) is 5.15. The van der Waals surface area contributed by atoms with Crippen LogP contribution in [0.1, 0.15) is 54.4 Å². The monoisotopic (exact) mass is 509 g/mol. The highest BCUT2D eigenvalue weighted by Crippen LogP contribution is 2.32. The van der Waals surface area contributed by atoms with Gasteiger partial charge in [0.2, 0.25) is 5.91 Å². The van der Waals surface area contributed by atoms with E-state index in [0.29, 0.717) is 25.1 Å². The molecule has 0 aliphatic heterocycles. The smallest absolute Gasteiger partial charge is 0.419 e. The van der Waals surface area contributed by atoms with Crippen molar-refractivity contribution < 1.29 is 31.9 Å². The molecule has 36 heavy (non-hydrogen) atoms. The van der Waals surface area contributed by atoms with Gasteiger partial charge in [-0.1, -0.05) is 32.1 Å². The number of hydrogen-bond donors (Lipinski definition) is 3. The molecule has 2 amide bonds. The third-order valence-corrected chi connectivity index (χ3v) is 6.29. The van der Waals surface area contributed by atoms with Gasteiger partial charge in [0.05, 0.1) is 12.7 Å². The van der Waals surface area contributed by atoms with Crippen molar-refractivity contribution in [3.05, 3.63) is 59.4 Å². The molecule has 2 aromatic carbocycles. The molecule has 0 heterocycles. The summed E-state index contributed by atoms with van der Waals surface area (Å²) in [6.45, 7) is 0.700. The Bertz CT molecular complexity index is 1020. The van der Waals surface area contributed by atoms with Gasteiger partial charge in [-0.15, -0.1) is 0 Å². The van der Waals surface area contributed by atoms with Crippen LogP contribution in [0.2, 0.25) is 0 Å². The number of amides is 2. The molecule has 1 aliphatic rings. The lowest BCUT2D eigenvalue weighted by Crippen LogP contribution is -2.48. The number of nitrogens with one attached hydrogen (secondary N) is 3. The van der Waals surface area contributed by atoms with E-state index in [4.69, 9.17) is 4.74 Å². The van der Waals surface area contributed by atoms with Crippen LogP contribution in [-0.2, 0) is 11.0 Å². The second-order valence-corrected chi connectivity index (χ2v) is 8.90. The first kappa shape index (κ1) is 27.3. The molecule has 196 valence electrons. The van der Waals surface area contributed by atoms with Crippen LogP contribution in [0.3, 0.4) is 0 Å². The van der Waals surface area contributed by atoms with E-state index in [1.54, 1.807) is 19.2 Å². The lowest BCUT2D eigenvalue weighted by atomic mass is 9.84. The zero-order chi connectivity index (χ0) is 26.1. The normalized spacial score (nSPS) is 15.1. The van der Waals surface area contributed by atoms with Crippen LogP contribution in [0, 0.1) is 11.7 Å². The first-order chi connectivity index (χ1) is 17.2. The first-order valence-corrected chi connectivity index (χ1v) is 12.0. The van der Waals surface area contributed by atoms with Gasteiger partial charge in [-0.2, -0.15) is 13.2 Å².